The zero-order chi connectivity index (χ0) is 33.2. The van der Waals surface area contributed by atoms with Crippen LogP contribution in [0.2, 0.25) is 0 Å². The molecular weight excluding hydrogens is 573 g/mol. The number of hydrogen-bond acceptors (Lipinski definition) is 7. The van der Waals surface area contributed by atoms with Crippen LogP contribution in [-0.4, -0.2) is 87.8 Å². The van der Waals surface area contributed by atoms with Gasteiger partial charge in [0.15, 0.2) is 11.6 Å². The van der Waals surface area contributed by atoms with Crippen LogP contribution in [0.5, 0.6) is 0 Å². The molecule has 43 heavy (non-hydrogen) atoms. The first-order valence-corrected chi connectivity index (χ1v) is 13.8. The van der Waals surface area contributed by atoms with E-state index in [0.29, 0.717) is 30.7 Å². The molecule has 1 aliphatic heterocycles. The third kappa shape index (κ3) is 12.0. The number of nitrogens with zero attached hydrogens (tertiary/aromatic N) is 2. The SMILES string of the molecule is CC(C)CNC(=O)[C@@H](C[C@H](O)[C@@H](N)CN1CC(=O)N(c2cc(F)cc(F)c2F)CC1(C)C)C(C)C.O=C(O)C=CC(=O)O. The summed E-state index contributed by atoms with van der Waals surface area (Å²) in [6, 6.07) is 0.475. The molecule has 14 heteroatoms. The van der Waals surface area contributed by atoms with Gasteiger partial charge in [0.2, 0.25) is 11.8 Å². The van der Waals surface area contributed by atoms with E-state index in [0.717, 1.165) is 11.0 Å². The Labute approximate surface area is 249 Å². The minimum absolute atomic E-state index is 0.00728. The van der Waals surface area contributed by atoms with E-state index in [-0.39, 0.29) is 37.9 Å². The Hall–Kier alpha value is -3.49. The molecule has 2 amide bonds. The third-order valence-electron chi connectivity index (χ3n) is 6.91. The molecule has 11 nitrogen and oxygen atoms in total. The van der Waals surface area contributed by atoms with Crippen LogP contribution in [0.15, 0.2) is 24.3 Å². The number of amides is 2. The predicted octanol–water partition coefficient (Wildman–Crippen LogP) is 2.37. The van der Waals surface area contributed by atoms with Gasteiger partial charge in [-0.25, -0.2) is 22.8 Å². The van der Waals surface area contributed by atoms with E-state index in [1.807, 2.05) is 27.7 Å². The molecule has 0 bridgehead atoms. The van der Waals surface area contributed by atoms with E-state index in [2.05, 4.69) is 5.32 Å². The Balaban J connectivity index is 0.00000101. The Morgan fingerprint density at radius 3 is 2.12 bits per heavy atom. The van der Waals surface area contributed by atoms with Crippen molar-refractivity contribution in [2.75, 3.05) is 31.1 Å². The average Bonchev–Trinajstić information content (AvgIpc) is 2.88. The Morgan fingerprint density at radius 1 is 1.07 bits per heavy atom. The number of hydrogen-bond donors (Lipinski definition) is 5. The van der Waals surface area contributed by atoms with Gasteiger partial charge in [-0.1, -0.05) is 27.7 Å². The molecule has 0 aromatic heterocycles. The second-order valence-corrected chi connectivity index (χ2v) is 11.9. The summed E-state index contributed by atoms with van der Waals surface area (Å²) in [5.74, 6) is -6.94. The lowest BCUT2D eigenvalue weighted by atomic mass is 9.86. The van der Waals surface area contributed by atoms with Crippen molar-refractivity contribution < 1.29 is 47.7 Å². The molecular formula is C29H43F3N4O7. The molecule has 1 aromatic rings. The number of rotatable bonds is 12. The summed E-state index contributed by atoms with van der Waals surface area (Å²) in [6.07, 6.45) is 0.293. The largest absolute Gasteiger partial charge is 0.478 e. The lowest BCUT2D eigenvalue weighted by Gasteiger charge is -2.47. The van der Waals surface area contributed by atoms with Crippen LogP contribution in [-0.2, 0) is 19.2 Å². The summed E-state index contributed by atoms with van der Waals surface area (Å²) in [6.45, 7) is 11.9. The van der Waals surface area contributed by atoms with E-state index in [1.54, 1.807) is 18.7 Å². The van der Waals surface area contributed by atoms with E-state index in [1.165, 1.54) is 0 Å². The maximum Gasteiger partial charge on any atom is 0.328 e. The van der Waals surface area contributed by atoms with Gasteiger partial charge in [-0.3, -0.25) is 14.5 Å². The normalized spacial score (nSPS) is 17.4. The summed E-state index contributed by atoms with van der Waals surface area (Å²) in [5, 5.41) is 29.3. The van der Waals surface area contributed by atoms with Crippen LogP contribution in [0.25, 0.3) is 0 Å². The lowest BCUT2D eigenvalue weighted by molar-refractivity contribution is -0.134. The van der Waals surface area contributed by atoms with E-state index in [9.17, 15) is 37.5 Å². The standard InChI is InChI=1S/C25H39F3N4O3.C4H4O4/c1-14(2)10-30-24(35)17(15(3)4)9-21(33)19(29)11-31-12-22(34)32(13-25(31,5)6)20-8-16(26)7-18(27)23(20)28;5-3(6)1-2-4(7)8/h7-8,14-15,17,19,21,33H,9-13,29H2,1-6H3,(H,30,35);1-2H,(H,5,6)(H,7,8)/t17-,19-,21-;/m0./s1. The van der Waals surface area contributed by atoms with Crippen molar-refractivity contribution in [3.63, 3.8) is 0 Å². The molecule has 1 fully saturated rings. The lowest BCUT2D eigenvalue weighted by Crippen LogP contribution is -2.64. The number of nitrogens with one attached hydrogen (secondary N) is 1. The first kappa shape index (κ1) is 37.5. The zero-order valence-electron chi connectivity index (χ0n) is 25.3. The molecule has 0 unspecified atom stereocenters. The summed E-state index contributed by atoms with van der Waals surface area (Å²) in [5.41, 5.74) is 5.11. The maximum atomic E-state index is 14.3. The zero-order valence-corrected chi connectivity index (χ0v) is 25.3. The number of carbonyl (C=O) groups is 4. The van der Waals surface area contributed by atoms with Gasteiger partial charge in [-0.05, 0) is 32.1 Å². The fraction of sp³-hybridized carbons (Fsp3) is 0.586. The molecule has 3 atom stereocenters. The van der Waals surface area contributed by atoms with Crippen molar-refractivity contribution in [1.82, 2.24) is 10.2 Å². The molecule has 1 aliphatic rings. The topological polar surface area (TPSA) is 173 Å². The monoisotopic (exact) mass is 616 g/mol. The molecule has 1 aromatic carbocycles. The minimum Gasteiger partial charge on any atom is -0.478 e. The smallest absolute Gasteiger partial charge is 0.328 e. The number of aliphatic hydroxyl groups is 1. The van der Waals surface area contributed by atoms with Crippen molar-refractivity contribution in [1.29, 1.82) is 0 Å². The van der Waals surface area contributed by atoms with Gasteiger partial charge < -0.3 is 31.3 Å². The van der Waals surface area contributed by atoms with Gasteiger partial charge in [0, 0.05) is 61.4 Å². The number of anilines is 1. The molecule has 1 heterocycles. The van der Waals surface area contributed by atoms with Gasteiger partial charge in [0.25, 0.3) is 0 Å². The highest BCUT2D eigenvalue weighted by molar-refractivity contribution is 5.96. The fourth-order valence-corrected chi connectivity index (χ4v) is 4.38. The highest BCUT2D eigenvalue weighted by Crippen LogP contribution is 2.30. The Bertz CT molecular complexity index is 1160. The predicted molar refractivity (Wildman–Crippen MR) is 154 cm³/mol. The average molecular weight is 617 g/mol. The summed E-state index contributed by atoms with van der Waals surface area (Å²) in [4.78, 5) is 47.3. The van der Waals surface area contributed by atoms with Crippen LogP contribution >= 0.6 is 0 Å². The highest BCUT2D eigenvalue weighted by atomic mass is 19.2. The molecule has 6 N–H and O–H groups in total. The fourth-order valence-electron chi connectivity index (χ4n) is 4.38. The number of carboxylic acid groups (broad SMARTS) is 2. The highest BCUT2D eigenvalue weighted by Gasteiger charge is 2.41. The van der Waals surface area contributed by atoms with Crippen LogP contribution in [0.4, 0.5) is 18.9 Å². The quantitative estimate of drug-likeness (QED) is 0.175. The molecule has 0 spiro atoms. The molecule has 0 aliphatic carbocycles. The van der Waals surface area contributed by atoms with Crippen molar-refractivity contribution >= 4 is 29.4 Å². The number of halogens is 3. The van der Waals surface area contributed by atoms with E-state index >= 15 is 0 Å². The van der Waals surface area contributed by atoms with E-state index in [4.69, 9.17) is 15.9 Å². The number of piperazine rings is 1. The van der Waals surface area contributed by atoms with Crippen molar-refractivity contribution in [2.45, 2.75) is 65.6 Å². The molecule has 1 saturated heterocycles. The summed E-state index contributed by atoms with van der Waals surface area (Å²) in [7, 11) is 0. The van der Waals surface area contributed by atoms with Crippen LogP contribution in [0, 0.1) is 35.2 Å². The molecule has 242 valence electrons. The van der Waals surface area contributed by atoms with Crippen LogP contribution < -0.4 is 16.0 Å². The third-order valence-corrected chi connectivity index (χ3v) is 6.91. The second-order valence-electron chi connectivity index (χ2n) is 11.9. The van der Waals surface area contributed by atoms with Crippen molar-refractivity contribution in [3.05, 3.63) is 41.7 Å². The van der Waals surface area contributed by atoms with Crippen LogP contribution in [0.3, 0.4) is 0 Å². The summed E-state index contributed by atoms with van der Waals surface area (Å²) < 4.78 is 41.7. The van der Waals surface area contributed by atoms with Gasteiger partial charge in [-0.15, -0.1) is 0 Å². The molecule has 0 saturated carbocycles. The Kier molecular flexibility index (Phi) is 14.3. The molecule has 2 rings (SSSR count). The Morgan fingerprint density at radius 2 is 1.63 bits per heavy atom. The van der Waals surface area contributed by atoms with Gasteiger partial charge in [0.05, 0.1) is 18.3 Å². The first-order chi connectivity index (χ1) is 19.8. The molecule has 0 radical (unpaired) electrons. The number of benzene rings is 1. The maximum absolute atomic E-state index is 14.3. The van der Waals surface area contributed by atoms with Gasteiger partial charge in [0.1, 0.15) is 5.82 Å². The van der Waals surface area contributed by atoms with Gasteiger partial charge in [-0.2, -0.15) is 0 Å². The number of carboxylic acids is 2. The number of nitrogens with two attached hydrogens (primary N) is 1. The van der Waals surface area contributed by atoms with Crippen LogP contribution in [0.1, 0.15) is 48.0 Å². The number of aliphatic hydroxyl groups excluding tert-OH is 1. The second kappa shape index (κ2) is 16.4. The van der Waals surface area contributed by atoms with Crippen molar-refractivity contribution in [2.24, 2.45) is 23.5 Å². The van der Waals surface area contributed by atoms with E-state index < -0.39 is 64.6 Å². The van der Waals surface area contributed by atoms with Gasteiger partial charge >= 0.3 is 11.9 Å². The summed E-state index contributed by atoms with van der Waals surface area (Å²) >= 11 is 0. The minimum atomic E-state index is -1.37. The first-order valence-electron chi connectivity index (χ1n) is 13.8. The number of carbonyl (C=O) groups excluding carboxylic acids is 2. The van der Waals surface area contributed by atoms with Crippen molar-refractivity contribution in [3.8, 4) is 0 Å². The number of aliphatic carboxylic acids is 2.